The molecule has 1 saturated heterocycles. The molecule has 0 amide bonds. The number of hydrogen-bond acceptors (Lipinski definition) is 7. The van der Waals surface area contributed by atoms with Gasteiger partial charge in [0.1, 0.15) is 18.2 Å². The van der Waals surface area contributed by atoms with Gasteiger partial charge in [-0.1, -0.05) is 6.07 Å². The van der Waals surface area contributed by atoms with Crippen molar-refractivity contribution in [1.82, 2.24) is 19.9 Å². The Kier molecular flexibility index (Phi) is 4.85. The summed E-state index contributed by atoms with van der Waals surface area (Å²) < 4.78 is 37.7. The van der Waals surface area contributed by atoms with Crippen LogP contribution in [-0.4, -0.2) is 51.3 Å². The maximum absolute atomic E-state index is 15.0. The lowest BCUT2D eigenvalue weighted by Crippen LogP contribution is -2.36. The fourth-order valence-corrected chi connectivity index (χ4v) is 3.84. The van der Waals surface area contributed by atoms with Crippen LogP contribution in [0.2, 0.25) is 0 Å². The van der Waals surface area contributed by atoms with Crippen molar-refractivity contribution in [3.05, 3.63) is 77.8 Å². The Morgan fingerprint density at radius 1 is 1.09 bits per heavy atom. The molecule has 0 saturated carbocycles. The molecule has 32 heavy (non-hydrogen) atoms. The van der Waals surface area contributed by atoms with Crippen molar-refractivity contribution >= 4 is 16.6 Å². The molecule has 1 N–H and O–H groups in total. The number of anilines is 1. The maximum atomic E-state index is 15.0. The largest absolute Gasteiger partial charge is 0.382 e. The first-order chi connectivity index (χ1) is 16.5. The summed E-state index contributed by atoms with van der Waals surface area (Å²) in [5, 5.41) is 11.2. The Balaban J connectivity index is 1.64. The summed E-state index contributed by atoms with van der Waals surface area (Å²) in [5.41, 5.74) is 2.69. The summed E-state index contributed by atoms with van der Waals surface area (Å²) in [4.78, 5) is 18.9. The first-order valence-electron chi connectivity index (χ1n) is 11.3. The van der Waals surface area contributed by atoms with Crippen molar-refractivity contribution in [2.24, 2.45) is 0 Å². The van der Waals surface area contributed by atoms with Crippen LogP contribution in [0.3, 0.4) is 0 Å². The molecule has 1 aliphatic rings. The van der Waals surface area contributed by atoms with Gasteiger partial charge in [0.25, 0.3) is 0 Å². The average molecular weight is 433 g/mol. The molecule has 162 valence electrons. The number of aliphatic hydroxyl groups excluding tert-OH is 1. The van der Waals surface area contributed by atoms with Gasteiger partial charge in [0.05, 0.1) is 38.6 Å². The highest BCUT2D eigenvalue weighted by molar-refractivity contribution is 5.94. The summed E-state index contributed by atoms with van der Waals surface area (Å²) in [6.45, 7) is 4.06. The Labute approximate surface area is 187 Å². The van der Waals surface area contributed by atoms with Crippen LogP contribution in [0.15, 0.2) is 55.1 Å². The van der Waals surface area contributed by atoms with Crippen molar-refractivity contribution in [3.63, 3.8) is 0 Å². The molecule has 1 unspecified atom stereocenters. The van der Waals surface area contributed by atoms with Gasteiger partial charge >= 0.3 is 0 Å². The highest BCUT2D eigenvalue weighted by atomic mass is 19.1. The van der Waals surface area contributed by atoms with Gasteiger partial charge in [-0.25, -0.2) is 14.4 Å². The average Bonchev–Trinajstić information content (AvgIpc) is 2.86. The third-order valence-electron chi connectivity index (χ3n) is 5.56. The van der Waals surface area contributed by atoms with E-state index in [-0.39, 0.29) is 28.7 Å². The molecule has 0 bridgehead atoms. The number of fused-ring (bicyclic) bond motifs is 1. The number of aliphatic hydroxyl groups is 1. The van der Waals surface area contributed by atoms with E-state index in [1.54, 1.807) is 13.0 Å². The number of aromatic nitrogens is 4. The van der Waals surface area contributed by atoms with Gasteiger partial charge in [0.2, 0.25) is 0 Å². The molecule has 2 aromatic heterocycles. The molecule has 5 rings (SSSR count). The summed E-state index contributed by atoms with van der Waals surface area (Å²) in [6.07, 6.45) is 3.23. The third-order valence-corrected chi connectivity index (χ3v) is 5.56. The van der Waals surface area contributed by atoms with Gasteiger partial charge in [-0.3, -0.25) is 9.97 Å². The minimum absolute atomic E-state index is 0.0252. The molecule has 1 atom stereocenters. The second-order valence-electron chi connectivity index (χ2n) is 7.53. The highest BCUT2D eigenvalue weighted by Crippen LogP contribution is 2.33. The topological polar surface area (TPSA) is 84.3 Å². The van der Waals surface area contributed by atoms with Crippen LogP contribution in [0.5, 0.6) is 0 Å². The SMILES string of the molecule is [2H]c1c(N2CCOCC2)cc2ncnc(-c3cc(C(O)c4nccnc4C)ccc3F)c2c1[2H]. The zero-order valence-corrected chi connectivity index (χ0v) is 17.4. The van der Waals surface area contributed by atoms with Gasteiger partial charge in [0, 0.05) is 42.1 Å². The Bertz CT molecular complexity index is 1380. The molecule has 3 heterocycles. The quantitative estimate of drug-likeness (QED) is 0.528. The number of morpholine rings is 1. The second-order valence-corrected chi connectivity index (χ2v) is 7.53. The first-order valence-corrected chi connectivity index (χ1v) is 10.3. The van der Waals surface area contributed by atoms with Gasteiger partial charge in [0.15, 0.2) is 0 Å². The van der Waals surface area contributed by atoms with E-state index >= 15 is 4.39 Å². The lowest BCUT2D eigenvalue weighted by atomic mass is 9.98. The molecular weight excluding hydrogens is 409 g/mol. The molecular formula is C24H22FN5O2. The molecule has 8 heteroatoms. The van der Waals surface area contributed by atoms with Crippen molar-refractivity contribution in [3.8, 4) is 11.3 Å². The predicted octanol–water partition coefficient (Wildman–Crippen LogP) is 3.45. The van der Waals surface area contributed by atoms with E-state index in [9.17, 15) is 5.11 Å². The molecule has 1 fully saturated rings. The Morgan fingerprint density at radius 3 is 2.72 bits per heavy atom. The molecule has 4 aromatic rings. The van der Waals surface area contributed by atoms with E-state index in [4.69, 9.17) is 7.48 Å². The molecule has 1 aliphatic heterocycles. The predicted molar refractivity (Wildman–Crippen MR) is 119 cm³/mol. The van der Waals surface area contributed by atoms with Crippen LogP contribution in [0.4, 0.5) is 10.1 Å². The fraction of sp³-hybridized carbons (Fsp3) is 0.250. The number of ether oxygens (including phenoxy) is 1. The van der Waals surface area contributed by atoms with Gasteiger partial charge in [-0.2, -0.15) is 0 Å². The third kappa shape index (κ3) is 3.79. The van der Waals surface area contributed by atoms with Crippen LogP contribution in [0.1, 0.15) is 25.8 Å². The van der Waals surface area contributed by atoms with E-state index in [1.807, 2.05) is 4.90 Å². The second kappa shape index (κ2) is 8.57. The van der Waals surface area contributed by atoms with E-state index in [0.29, 0.717) is 54.5 Å². The summed E-state index contributed by atoms with van der Waals surface area (Å²) in [6, 6.07) is 5.91. The lowest BCUT2D eigenvalue weighted by Gasteiger charge is -2.29. The maximum Gasteiger partial charge on any atom is 0.132 e. The minimum Gasteiger partial charge on any atom is -0.382 e. The lowest BCUT2D eigenvalue weighted by molar-refractivity contribution is 0.122. The number of benzene rings is 2. The fourth-order valence-electron chi connectivity index (χ4n) is 3.84. The molecule has 0 radical (unpaired) electrons. The number of rotatable bonds is 4. The van der Waals surface area contributed by atoms with E-state index in [0.717, 1.165) is 0 Å². The summed E-state index contributed by atoms with van der Waals surface area (Å²) in [7, 11) is 0. The number of halogens is 1. The van der Waals surface area contributed by atoms with Crippen LogP contribution in [0, 0.1) is 12.7 Å². The van der Waals surface area contributed by atoms with Crippen LogP contribution in [-0.2, 0) is 4.74 Å². The van der Waals surface area contributed by atoms with Crippen LogP contribution in [0.25, 0.3) is 22.2 Å². The zero-order valence-electron chi connectivity index (χ0n) is 19.4. The molecule has 0 aliphatic carbocycles. The number of hydrogen-bond donors (Lipinski definition) is 1. The first kappa shape index (κ1) is 18.1. The molecule has 2 aromatic carbocycles. The smallest absolute Gasteiger partial charge is 0.132 e. The van der Waals surface area contributed by atoms with E-state index in [2.05, 4.69) is 19.9 Å². The normalized spacial score (nSPS) is 16.0. The van der Waals surface area contributed by atoms with Gasteiger partial charge in [-0.05, 0) is 42.8 Å². The van der Waals surface area contributed by atoms with Crippen molar-refractivity contribution in [2.45, 2.75) is 13.0 Å². The Morgan fingerprint density at radius 2 is 1.91 bits per heavy atom. The summed E-state index contributed by atoms with van der Waals surface area (Å²) >= 11 is 0. The van der Waals surface area contributed by atoms with E-state index in [1.165, 1.54) is 36.9 Å². The van der Waals surface area contributed by atoms with Gasteiger partial charge in [-0.15, -0.1) is 0 Å². The Hall–Kier alpha value is -3.49. The summed E-state index contributed by atoms with van der Waals surface area (Å²) in [5.74, 6) is -0.560. The highest BCUT2D eigenvalue weighted by Gasteiger charge is 2.19. The monoisotopic (exact) mass is 433 g/mol. The standard InChI is InChI=1S/C24H22FN5O2/c1-15-22(27-7-6-26-15)24(31)16-2-5-20(25)19(12-16)23-18-4-3-17(13-21(18)28-14-29-23)30-8-10-32-11-9-30/h2-7,12-14,24,31H,8-11H2,1H3/i3D,4D. The van der Waals surface area contributed by atoms with Crippen molar-refractivity contribution in [1.29, 1.82) is 0 Å². The zero-order chi connectivity index (χ0) is 23.8. The molecule has 7 nitrogen and oxygen atoms in total. The number of aryl methyl sites for hydroxylation is 1. The van der Waals surface area contributed by atoms with Crippen molar-refractivity contribution < 1.29 is 17.0 Å². The number of nitrogens with zero attached hydrogens (tertiary/aromatic N) is 5. The molecule has 0 spiro atoms. The van der Waals surface area contributed by atoms with E-state index < -0.39 is 11.9 Å². The van der Waals surface area contributed by atoms with Crippen molar-refractivity contribution in [2.75, 3.05) is 31.2 Å². The van der Waals surface area contributed by atoms with Crippen LogP contribution >= 0.6 is 0 Å². The minimum atomic E-state index is -1.11. The van der Waals surface area contributed by atoms with Gasteiger partial charge < -0.3 is 14.7 Å². The van der Waals surface area contributed by atoms with Crippen LogP contribution < -0.4 is 4.90 Å².